The third-order valence-corrected chi connectivity index (χ3v) is 22.2. The molecule has 4 aromatic carbocycles. The van der Waals surface area contributed by atoms with Gasteiger partial charge in [-0.15, -0.1) is 0 Å². The second-order valence-electron chi connectivity index (χ2n) is 26.7. The SMILES string of the molecule is CC(CCCC(=O)N(CCS(=O)(=O)N1CCOCC1)C[C@H](O)[C@@H](O)[C@H](O)[C@H](O)CO)c1ccc(Cl)c(CCC2(c3cnccc3-c3ccccc3OC3CC3)CC2)c1.CC(CCCC(=O)O)c1ccc(Cl)c(CCC2(c3cnccc3-c3ccccc3OC3CC3)CC2)c1. The normalized spacial score (nSPS) is 18.5. The van der Waals surface area contributed by atoms with Gasteiger partial charge >= 0.3 is 5.97 Å². The van der Waals surface area contributed by atoms with E-state index in [-0.39, 0.29) is 62.4 Å². The minimum absolute atomic E-state index is 0.00462. The molecule has 5 aliphatic rings. The fourth-order valence-electron chi connectivity index (χ4n) is 13.0. The molecule has 0 spiro atoms. The van der Waals surface area contributed by atoms with Crippen LogP contribution in [-0.4, -0.2) is 158 Å². The summed E-state index contributed by atoms with van der Waals surface area (Å²) in [6, 6.07) is 33.3. The first-order valence-electron chi connectivity index (χ1n) is 33.6. The summed E-state index contributed by atoms with van der Waals surface area (Å²) in [6.45, 7) is 3.61. The van der Waals surface area contributed by atoms with Crippen molar-refractivity contribution in [3.05, 3.63) is 165 Å². The fourth-order valence-corrected chi connectivity index (χ4v) is 14.8. The average Bonchev–Trinajstić information content (AvgIpc) is 1.60. The molecule has 2 unspecified atom stereocenters. The predicted molar refractivity (Wildman–Crippen MR) is 364 cm³/mol. The number of aryl methyl sites for hydroxylation is 2. The van der Waals surface area contributed by atoms with E-state index >= 15 is 0 Å². The summed E-state index contributed by atoms with van der Waals surface area (Å²) in [7, 11) is -3.75. The molecule has 5 fully saturated rings. The molecule has 1 saturated heterocycles. The number of carbonyl (C=O) groups is 2. The van der Waals surface area contributed by atoms with Crippen molar-refractivity contribution in [1.82, 2.24) is 19.2 Å². The molecule has 2 aromatic heterocycles. The Balaban J connectivity index is 0.000000228. The van der Waals surface area contributed by atoms with Gasteiger partial charge in [0.2, 0.25) is 15.9 Å². The summed E-state index contributed by atoms with van der Waals surface area (Å²) >= 11 is 13.4. The number of ether oxygens (including phenoxy) is 3. The fraction of sp³-hybridized carbons (Fsp3) is 0.514. The molecule has 6 aromatic rings. The molecule has 4 saturated carbocycles. The highest BCUT2D eigenvalue weighted by Crippen LogP contribution is 2.56. The zero-order chi connectivity index (χ0) is 66.6. The quantitative estimate of drug-likeness (QED) is 0.0220. The van der Waals surface area contributed by atoms with Crippen LogP contribution in [0.25, 0.3) is 22.3 Å². The minimum Gasteiger partial charge on any atom is -0.490 e. The number of carbonyl (C=O) groups excluding carboxylic acids is 1. The number of para-hydroxylation sites is 2. The number of hydrogen-bond acceptors (Lipinski definition) is 14. The van der Waals surface area contributed by atoms with Crippen LogP contribution in [-0.2, 0) is 48.0 Å². The first-order chi connectivity index (χ1) is 45.3. The van der Waals surface area contributed by atoms with Crippen molar-refractivity contribution >= 4 is 45.1 Å². The van der Waals surface area contributed by atoms with E-state index in [2.05, 4.69) is 90.7 Å². The lowest BCUT2D eigenvalue weighted by Crippen LogP contribution is -2.51. The Morgan fingerprint density at radius 1 is 0.660 bits per heavy atom. The van der Waals surface area contributed by atoms with Gasteiger partial charge in [0, 0.05) is 85.0 Å². The van der Waals surface area contributed by atoms with Gasteiger partial charge in [-0.25, -0.2) is 8.42 Å². The van der Waals surface area contributed by atoms with E-state index in [0.29, 0.717) is 42.4 Å². The number of benzene rings is 4. The lowest BCUT2D eigenvalue weighted by atomic mass is 9.84. The van der Waals surface area contributed by atoms with Gasteiger partial charge in [0.25, 0.3) is 0 Å². The van der Waals surface area contributed by atoms with E-state index in [9.17, 15) is 43.5 Å². The highest BCUT2D eigenvalue weighted by Gasteiger charge is 2.47. The van der Waals surface area contributed by atoms with E-state index < -0.39 is 65.2 Å². The van der Waals surface area contributed by atoms with Crippen molar-refractivity contribution in [2.45, 2.75) is 189 Å². The monoisotopic (exact) mass is 1350 g/mol. The van der Waals surface area contributed by atoms with Crippen LogP contribution in [0, 0.1) is 0 Å². The maximum Gasteiger partial charge on any atom is 0.303 e. The Hall–Kier alpha value is -6.03. The number of aliphatic hydroxyl groups excluding tert-OH is 5. The molecule has 11 rings (SSSR count). The lowest BCUT2D eigenvalue weighted by Gasteiger charge is -2.31. The number of hydrogen-bond donors (Lipinski definition) is 6. The molecule has 6 atom stereocenters. The van der Waals surface area contributed by atoms with Gasteiger partial charge < -0.3 is 49.7 Å². The van der Waals surface area contributed by atoms with Gasteiger partial charge in [-0.05, 0) is 206 Å². The Bertz CT molecular complexity index is 3630. The molecule has 4 aliphatic carbocycles. The van der Waals surface area contributed by atoms with Crippen molar-refractivity contribution in [2.75, 3.05) is 51.8 Å². The number of aliphatic hydroxyl groups is 5. The summed E-state index contributed by atoms with van der Waals surface area (Å²) in [5.74, 6) is 0.707. The van der Waals surface area contributed by atoms with Crippen molar-refractivity contribution in [3.63, 3.8) is 0 Å². The number of pyridine rings is 2. The zero-order valence-electron chi connectivity index (χ0n) is 54.0. The Labute approximate surface area is 563 Å². The summed E-state index contributed by atoms with van der Waals surface area (Å²) in [6.07, 6.45) is 16.7. The number of carboxylic acid groups (broad SMARTS) is 1. The van der Waals surface area contributed by atoms with E-state index in [1.807, 2.05) is 55.0 Å². The van der Waals surface area contributed by atoms with Crippen LogP contribution in [0.15, 0.2) is 122 Å². The minimum atomic E-state index is -3.75. The molecule has 3 heterocycles. The van der Waals surface area contributed by atoms with E-state index in [0.717, 1.165) is 128 Å². The van der Waals surface area contributed by atoms with Crippen molar-refractivity contribution in [2.24, 2.45) is 0 Å². The summed E-state index contributed by atoms with van der Waals surface area (Å²) in [5, 5.41) is 60.7. The second kappa shape index (κ2) is 32.3. The van der Waals surface area contributed by atoms with Crippen molar-refractivity contribution < 1.29 is 62.9 Å². The first kappa shape index (κ1) is 70.8. The molecule has 94 heavy (non-hydrogen) atoms. The molecule has 1 aliphatic heterocycles. The highest BCUT2D eigenvalue weighted by molar-refractivity contribution is 7.89. The number of sulfonamides is 1. The van der Waals surface area contributed by atoms with Gasteiger partial charge in [0.05, 0.1) is 37.8 Å². The zero-order valence-corrected chi connectivity index (χ0v) is 56.4. The largest absolute Gasteiger partial charge is 0.490 e. The number of aliphatic carboxylic acids is 1. The van der Waals surface area contributed by atoms with E-state index in [4.69, 9.17) is 42.5 Å². The molecule has 0 bridgehead atoms. The predicted octanol–water partition coefficient (Wildman–Crippen LogP) is 11.8. The van der Waals surface area contributed by atoms with E-state index in [1.54, 1.807) is 0 Å². The van der Waals surface area contributed by atoms with Crippen LogP contribution >= 0.6 is 23.2 Å². The number of morpholine rings is 1. The maximum atomic E-state index is 13.6. The average molecular weight is 1350 g/mol. The molecule has 20 heteroatoms. The maximum absolute atomic E-state index is 13.6. The van der Waals surface area contributed by atoms with Crippen LogP contribution < -0.4 is 9.47 Å². The molecular weight excluding hydrogens is 1260 g/mol. The van der Waals surface area contributed by atoms with Crippen LogP contribution in [0.3, 0.4) is 0 Å². The Morgan fingerprint density at radius 2 is 1.13 bits per heavy atom. The second-order valence-corrected chi connectivity index (χ2v) is 29.6. The third kappa shape index (κ3) is 18.7. The number of nitrogens with zero attached hydrogens (tertiary/aromatic N) is 4. The summed E-state index contributed by atoms with van der Waals surface area (Å²) < 4.78 is 45.3. The van der Waals surface area contributed by atoms with Gasteiger partial charge in [-0.3, -0.25) is 19.6 Å². The third-order valence-electron chi connectivity index (χ3n) is 19.6. The summed E-state index contributed by atoms with van der Waals surface area (Å²) in [5.41, 5.74) is 11.9. The number of halogens is 2. The topological polar surface area (TPSA) is 250 Å². The molecule has 0 radical (unpaired) electrons. The Morgan fingerprint density at radius 3 is 1.59 bits per heavy atom. The van der Waals surface area contributed by atoms with Crippen molar-refractivity contribution in [1.29, 1.82) is 0 Å². The van der Waals surface area contributed by atoms with Crippen LogP contribution in [0.5, 0.6) is 11.5 Å². The standard InChI is InChI=1S/C43H58ClN3O10S.C31H34ClNO3/c1-29(5-4-8-40(51)46(27-37(49)41(52)42(53)38(50)28-48)21-24-58(54,55)47-19-22-56-23-20-47)30-9-12-36(44)31(25-30)13-15-43(16-17-43)35-26-45-18-14-33(35)34-6-2-3-7-39(34)57-32-10-11-32;1-21(5-4-8-30(34)35)22-9-12-28(32)23(19-22)13-15-31(16-17-31)27-20-33-18-14-25(27)26-6-2-3-7-29(26)36-24-10-11-24/h2-3,6-7,9,12,14,18,25-26,29,32,37-38,41-42,48-50,52-53H,4-5,8,10-11,13,15-17,19-24,27-28H2,1H3;2-3,6-7,9,12,14,18-21,24H,4-5,8,10-11,13,15-17H2,1H3,(H,34,35)/t29?,37-,38+,41+,42+;/m0./s1. The molecule has 1 amide bonds. The van der Waals surface area contributed by atoms with Gasteiger partial charge in [0.15, 0.2) is 0 Å². The summed E-state index contributed by atoms with van der Waals surface area (Å²) in [4.78, 5) is 34.7. The molecule has 6 N–H and O–H groups in total. The lowest BCUT2D eigenvalue weighted by molar-refractivity contribution is -0.139. The number of carboxylic acids is 1. The van der Waals surface area contributed by atoms with Gasteiger partial charge in [-0.2, -0.15) is 4.31 Å². The molecule has 17 nitrogen and oxygen atoms in total. The van der Waals surface area contributed by atoms with Crippen LogP contribution in [0.4, 0.5) is 0 Å². The smallest absolute Gasteiger partial charge is 0.303 e. The number of rotatable bonds is 34. The van der Waals surface area contributed by atoms with Gasteiger partial charge in [0.1, 0.15) is 35.9 Å². The molecular formula is C74H92Cl2N4O13S. The van der Waals surface area contributed by atoms with Crippen LogP contribution in [0.1, 0.15) is 162 Å². The van der Waals surface area contributed by atoms with Crippen molar-refractivity contribution in [3.8, 4) is 33.8 Å². The van der Waals surface area contributed by atoms with Crippen LogP contribution in [0.2, 0.25) is 10.0 Å². The highest BCUT2D eigenvalue weighted by atomic mass is 35.5. The number of aromatic nitrogens is 2. The molecule has 506 valence electrons. The van der Waals surface area contributed by atoms with Gasteiger partial charge in [-0.1, -0.05) is 97.7 Å². The first-order valence-corrected chi connectivity index (χ1v) is 36.0. The number of amides is 1. The van der Waals surface area contributed by atoms with E-state index in [1.165, 1.54) is 37.0 Å². The Kier molecular flexibility index (Phi) is 24.3.